The Hall–Kier alpha value is -2.40. The fourth-order valence-electron chi connectivity index (χ4n) is 2.34. The van der Waals surface area contributed by atoms with Crippen molar-refractivity contribution < 1.29 is 9.53 Å². The first-order valence-electron chi connectivity index (χ1n) is 7.44. The Balaban J connectivity index is 1.64. The summed E-state index contributed by atoms with van der Waals surface area (Å²) >= 11 is 1.46. The number of methoxy groups -OCH3 is 1. The van der Waals surface area contributed by atoms with E-state index in [0.717, 1.165) is 28.0 Å². The smallest absolute Gasteiger partial charge is 0.226 e. The van der Waals surface area contributed by atoms with E-state index in [1.807, 2.05) is 18.2 Å². The van der Waals surface area contributed by atoms with Crippen molar-refractivity contribution in [3.8, 4) is 5.75 Å². The lowest BCUT2D eigenvalue weighted by atomic mass is 10.1. The average Bonchev–Trinajstić information content (AvgIpc) is 2.96. The second-order valence-electron chi connectivity index (χ2n) is 5.36. The minimum Gasteiger partial charge on any atom is -0.494 e. The van der Waals surface area contributed by atoms with Crippen molar-refractivity contribution in [2.75, 3.05) is 12.4 Å². The van der Waals surface area contributed by atoms with Gasteiger partial charge >= 0.3 is 0 Å². The van der Waals surface area contributed by atoms with Gasteiger partial charge in [0.2, 0.25) is 5.91 Å². The highest BCUT2D eigenvalue weighted by molar-refractivity contribution is 7.22. The van der Waals surface area contributed by atoms with Crippen LogP contribution in [0.15, 0.2) is 42.5 Å². The number of nitrogens with one attached hydrogen (secondary N) is 1. The molecule has 23 heavy (non-hydrogen) atoms. The molecule has 0 radical (unpaired) electrons. The molecule has 0 saturated heterocycles. The van der Waals surface area contributed by atoms with Crippen LogP contribution < -0.4 is 10.1 Å². The van der Waals surface area contributed by atoms with E-state index in [-0.39, 0.29) is 5.91 Å². The van der Waals surface area contributed by atoms with Crippen molar-refractivity contribution in [2.45, 2.75) is 19.8 Å². The molecule has 1 heterocycles. The molecule has 0 aliphatic carbocycles. The van der Waals surface area contributed by atoms with Gasteiger partial charge in [-0.1, -0.05) is 47.2 Å². The average molecular weight is 326 g/mol. The lowest BCUT2D eigenvalue weighted by molar-refractivity contribution is -0.116. The Kier molecular flexibility index (Phi) is 4.57. The van der Waals surface area contributed by atoms with Crippen molar-refractivity contribution >= 4 is 32.6 Å². The van der Waals surface area contributed by atoms with E-state index in [2.05, 4.69) is 41.5 Å². The molecule has 0 spiro atoms. The number of benzene rings is 2. The molecule has 0 unspecified atom stereocenters. The van der Waals surface area contributed by atoms with Gasteiger partial charge in [-0.3, -0.25) is 4.79 Å². The summed E-state index contributed by atoms with van der Waals surface area (Å²) in [5.74, 6) is 0.697. The van der Waals surface area contributed by atoms with Crippen LogP contribution in [0.2, 0.25) is 0 Å². The first-order valence-corrected chi connectivity index (χ1v) is 8.26. The van der Waals surface area contributed by atoms with Crippen molar-refractivity contribution in [3.05, 3.63) is 53.6 Å². The van der Waals surface area contributed by atoms with E-state index < -0.39 is 0 Å². The van der Waals surface area contributed by atoms with Crippen LogP contribution >= 0.6 is 11.3 Å². The molecule has 0 aliphatic heterocycles. The number of carbonyl (C=O) groups is 1. The molecule has 0 bridgehead atoms. The molecule has 3 rings (SSSR count). The van der Waals surface area contributed by atoms with Gasteiger partial charge in [-0.05, 0) is 31.0 Å². The Bertz CT molecular complexity index is 825. The van der Waals surface area contributed by atoms with E-state index in [9.17, 15) is 4.79 Å². The third-order valence-corrected chi connectivity index (χ3v) is 4.55. The maximum absolute atomic E-state index is 12.1. The number of rotatable bonds is 5. The molecule has 0 saturated carbocycles. The minimum absolute atomic E-state index is 0.0244. The molecule has 4 nitrogen and oxygen atoms in total. The number of fused-ring (bicyclic) bond motifs is 1. The predicted octanol–water partition coefficient (Wildman–Crippen LogP) is 4.18. The van der Waals surface area contributed by atoms with Crippen LogP contribution in [0.5, 0.6) is 5.75 Å². The molecule has 2 aromatic carbocycles. The van der Waals surface area contributed by atoms with Crippen molar-refractivity contribution in [3.63, 3.8) is 0 Å². The number of aryl methyl sites for hydroxylation is 2. The van der Waals surface area contributed by atoms with E-state index in [1.165, 1.54) is 16.9 Å². The monoisotopic (exact) mass is 326 g/mol. The maximum atomic E-state index is 12.1. The molecule has 118 valence electrons. The van der Waals surface area contributed by atoms with Gasteiger partial charge in [0, 0.05) is 6.42 Å². The molecule has 0 aliphatic rings. The molecule has 1 N–H and O–H groups in total. The Morgan fingerprint density at radius 1 is 1.22 bits per heavy atom. The maximum Gasteiger partial charge on any atom is 0.226 e. The van der Waals surface area contributed by atoms with Crippen LogP contribution in [0.3, 0.4) is 0 Å². The van der Waals surface area contributed by atoms with Gasteiger partial charge in [-0.2, -0.15) is 0 Å². The zero-order chi connectivity index (χ0) is 16.2. The van der Waals surface area contributed by atoms with Crippen molar-refractivity contribution in [1.82, 2.24) is 4.98 Å². The summed E-state index contributed by atoms with van der Waals surface area (Å²) in [6.07, 6.45) is 1.16. The van der Waals surface area contributed by atoms with Crippen molar-refractivity contribution in [2.24, 2.45) is 0 Å². The number of ether oxygens (including phenoxy) is 1. The first kappa shape index (κ1) is 15.5. The molecular weight excluding hydrogens is 308 g/mol. The van der Waals surface area contributed by atoms with E-state index in [0.29, 0.717) is 11.6 Å². The van der Waals surface area contributed by atoms with E-state index in [1.54, 1.807) is 7.11 Å². The minimum atomic E-state index is -0.0244. The summed E-state index contributed by atoms with van der Waals surface area (Å²) in [6.45, 7) is 2.05. The fraction of sp³-hybridized carbons (Fsp3) is 0.222. The summed E-state index contributed by atoms with van der Waals surface area (Å²) in [7, 11) is 1.62. The largest absolute Gasteiger partial charge is 0.494 e. The number of carbonyl (C=O) groups excluding carboxylic acids is 1. The second kappa shape index (κ2) is 6.79. The molecule has 3 aromatic rings. The number of anilines is 1. The van der Waals surface area contributed by atoms with Crippen LogP contribution in [-0.4, -0.2) is 18.0 Å². The van der Waals surface area contributed by atoms with Gasteiger partial charge in [-0.15, -0.1) is 0 Å². The molecule has 5 heteroatoms. The molecule has 1 aromatic heterocycles. The number of aromatic nitrogens is 1. The van der Waals surface area contributed by atoms with E-state index >= 15 is 0 Å². The summed E-state index contributed by atoms with van der Waals surface area (Å²) in [6, 6.07) is 14.0. The van der Waals surface area contributed by atoms with Crippen LogP contribution in [0, 0.1) is 6.92 Å². The lowest BCUT2D eigenvalue weighted by Crippen LogP contribution is -2.12. The van der Waals surface area contributed by atoms with Gasteiger partial charge in [0.05, 0.1) is 11.8 Å². The Morgan fingerprint density at radius 3 is 2.74 bits per heavy atom. The number of para-hydroxylation sites is 1. The fourth-order valence-corrected chi connectivity index (χ4v) is 3.24. The number of hydrogen-bond acceptors (Lipinski definition) is 4. The van der Waals surface area contributed by atoms with Gasteiger partial charge in [-0.25, -0.2) is 4.98 Å². The van der Waals surface area contributed by atoms with Crippen LogP contribution in [0.4, 0.5) is 5.13 Å². The highest BCUT2D eigenvalue weighted by atomic mass is 32.1. The third kappa shape index (κ3) is 3.68. The summed E-state index contributed by atoms with van der Waals surface area (Å²) in [4.78, 5) is 16.6. The van der Waals surface area contributed by atoms with E-state index in [4.69, 9.17) is 4.74 Å². The van der Waals surface area contributed by atoms with Gasteiger partial charge in [0.15, 0.2) is 5.13 Å². The summed E-state index contributed by atoms with van der Waals surface area (Å²) < 4.78 is 6.29. The lowest BCUT2D eigenvalue weighted by Gasteiger charge is -2.02. The zero-order valence-electron chi connectivity index (χ0n) is 13.1. The molecule has 0 atom stereocenters. The molecule has 0 fully saturated rings. The van der Waals surface area contributed by atoms with Gasteiger partial charge in [0.25, 0.3) is 0 Å². The molecule has 1 amide bonds. The molecular formula is C18H18N2O2S. The zero-order valence-corrected chi connectivity index (χ0v) is 13.9. The number of hydrogen-bond donors (Lipinski definition) is 1. The van der Waals surface area contributed by atoms with Crippen molar-refractivity contribution in [1.29, 1.82) is 0 Å². The summed E-state index contributed by atoms with van der Waals surface area (Å²) in [5.41, 5.74) is 3.17. The van der Waals surface area contributed by atoms with Gasteiger partial charge < -0.3 is 10.1 Å². The van der Waals surface area contributed by atoms with Crippen LogP contribution in [-0.2, 0) is 11.2 Å². The topological polar surface area (TPSA) is 51.2 Å². The number of thiazole rings is 1. The highest BCUT2D eigenvalue weighted by Crippen LogP contribution is 2.32. The number of nitrogens with zero attached hydrogens (tertiary/aromatic N) is 1. The SMILES string of the molecule is COc1cccc2sc(NC(=O)CCc3ccc(C)cc3)nc12. The highest BCUT2D eigenvalue weighted by Gasteiger charge is 2.11. The normalized spacial score (nSPS) is 10.7. The predicted molar refractivity (Wildman–Crippen MR) is 94.3 cm³/mol. The standard InChI is InChI=1S/C18H18N2O2S/c1-12-6-8-13(9-7-12)10-11-16(21)19-18-20-17-14(22-2)4-3-5-15(17)23-18/h3-9H,10-11H2,1-2H3,(H,19,20,21). The Labute approximate surface area is 139 Å². The number of amides is 1. The summed E-state index contributed by atoms with van der Waals surface area (Å²) in [5, 5.41) is 3.49. The Morgan fingerprint density at radius 2 is 2.00 bits per heavy atom. The second-order valence-corrected chi connectivity index (χ2v) is 6.39. The van der Waals surface area contributed by atoms with Gasteiger partial charge in [0.1, 0.15) is 11.3 Å². The first-order chi connectivity index (χ1) is 11.2. The van der Waals surface area contributed by atoms with Crippen LogP contribution in [0.1, 0.15) is 17.5 Å². The third-order valence-electron chi connectivity index (χ3n) is 3.61. The quantitative estimate of drug-likeness (QED) is 0.765. The van der Waals surface area contributed by atoms with Crippen LogP contribution in [0.25, 0.3) is 10.2 Å².